The molecule has 10 heteroatoms. The van der Waals surface area contributed by atoms with Gasteiger partial charge in [0.25, 0.3) is 5.91 Å². The Bertz CT molecular complexity index is 763. The quantitative estimate of drug-likeness (QED) is 0.442. The van der Waals surface area contributed by atoms with Gasteiger partial charge in [-0.25, -0.2) is 0 Å². The Morgan fingerprint density at radius 3 is 2.60 bits per heavy atom. The number of guanidine groups is 1. The predicted octanol–water partition coefficient (Wildman–Crippen LogP) is 1.95. The summed E-state index contributed by atoms with van der Waals surface area (Å²) in [5, 5.41) is 3.26. The standard InChI is InChI=1S/C20H28F3N5O2/c1-15(20(21,22)23)26-10-12-27(13-11-26)19(24-2)25-8-5-9-28-16-6-3-4-7-17(16)30-14-18(28)29/h3-4,6-7,15H,5,8-14H2,1-2H3,(H,24,25). The van der Waals surface area contributed by atoms with Gasteiger partial charge in [-0.3, -0.25) is 14.7 Å². The number of fused-ring (bicyclic) bond motifs is 1. The molecule has 2 heterocycles. The lowest BCUT2D eigenvalue weighted by Gasteiger charge is -2.39. The van der Waals surface area contributed by atoms with Crippen molar-refractivity contribution in [2.45, 2.75) is 25.6 Å². The van der Waals surface area contributed by atoms with Crippen molar-refractivity contribution in [3.63, 3.8) is 0 Å². The fourth-order valence-electron chi connectivity index (χ4n) is 3.70. The molecule has 1 unspecified atom stereocenters. The Labute approximate surface area is 174 Å². The first-order chi connectivity index (χ1) is 14.3. The number of nitrogens with one attached hydrogen (secondary N) is 1. The SMILES string of the molecule is CN=C(NCCCN1C(=O)COc2ccccc21)N1CCN(C(C)C(F)(F)F)CC1. The number of piperazine rings is 1. The summed E-state index contributed by atoms with van der Waals surface area (Å²) in [7, 11) is 1.66. The number of rotatable bonds is 5. The zero-order valence-corrected chi connectivity index (χ0v) is 17.3. The molecule has 0 bridgehead atoms. The van der Waals surface area contributed by atoms with E-state index in [0.29, 0.717) is 57.4 Å². The molecule has 30 heavy (non-hydrogen) atoms. The van der Waals surface area contributed by atoms with E-state index in [4.69, 9.17) is 4.74 Å². The summed E-state index contributed by atoms with van der Waals surface area (Å²) in [6, 6.07) is 6.00. The first-order valence-electron chi connectivity index (χ1n) is 10.1. The molecular formula is C20H28F3N5O2. The summed E-state index contributed by atoms with van der Waals surface area (Å²) in [6.07, 6.45) is -3.51. The molecule has 0 aromatic heterocycles. The number of anilines is 1. The minimum Gasteiger partial charge on any atom is -0.482 e. The van der Waals surface area contributed by atoms with Crippen molar-refractivity contribution in [2.75, 3.05) is 57.8 Å². The lowest BCUT2D eigenvalue weighted by Crippen LogP contribution is -2.56. The Balaban J connectivity index is 1.45. The molecule has 0 saturated carbocycles. The molecule has 1 amide bonds. The summed E-state index contributed by atoms with van der Waals surface area (Å²) in [5.41, 5.74) is 0.771. The van der Waals surface area contributed by atoms with Gasteiger partial charge in [0.1, 0.15) is 11.8 Å². The normalized spacial score (nSPS) is 19.4. The molecule has 7 nitrogen and oxygen atoms in total. The van der Waals surface area contributed by atoms with Crippen LogP contribution in [0.25, 0.3) is 0 Å². The maximum absolute atomic E-state index is 12.9. The smallest absolute Gasteiger partial charge is 0.403 e. The lowest BCUT2D eigenvalue weighted by molar-refractivity contribution is -0.181. The molecule has 0 aliphatic carbocycles. The molecule has 1 fully saturated rings. The number of para-hydroxylation sites is 2. The van der Waals surface area contributed by atoms with Crippen LogP contribution in [0, 0.1) is 0 Å². The van der Waals surface area contributed by atoms with E-state index in [1.54, 1.807) is 11.9 Å². The van der Waals surface area contributed by atoms with Crippen LogP contribution in [-0.4, -0.2) is 86.8 Å². The number of aliphatic imine (C=N–C) groups is 1. The van der Waals surface area contributed by atoms with Gasteiger partial charge in [-0.05, 0) is 25.5 Å². The molecule has 0 radical (unpaired) electrons. The number of benzene rings is 1. The van der Waals surface area contributed by atoms with Crippen molar-refractivity contribution in [3.05, 3.63) is 24.3 Å². The third kappa shape index (κ3) is 5.16. The molecular weight excluding hydrogens is 399 g/mol. The van der Waals surface area contributed by atoms with E-state index in [2.05, 4.69) is 10.3 Å². The fourth-order valence-corrected chi connectivity index (χ4v) is 3.70. The van der Waals surface area contributed by atoms with Gasteiger partial charge in [0, 0.05) is 46.3 Å². The van der Waals surface area contributed by atoms with Crippen LogP contribution in [0.5, 0.6) is 5.75 Å². The maximum atomic E-state index is 12.9. The Kier molecular flexibility index (Phi) is 7.06. The Morgan fingerprint density at radius 2 is 1.93 bits per heavy atom. The van der Waals surface area contributed by atoms with E-state index in [0.717, 1.165) is 5.69 Å². The number of ether oxygens (including phenoxy) is 1. The van der Waals surface area contributed by atoms with Gasteiger partial charge in [0.05, 0.1) is 5.69 Å². The van der Waals surface area contributed by atoms with Gasteiger partial charge in [0.2, 0.25) is 0 Å². The molecule has 0 spiro atoms. The first-order valence-corrected chi connectivity index (χ1v) is 10.1. The summed E-state index contributed by atoms with van der Waals surface area (Å²) in [4.78, 5) is 21.6. The highest BCUT2D eigenvalue weighted by Crippen LogP contribution is 2.31. The second kappa shape index (κ2) is 9.55. The van der Waals surface area contributed by atoms with E-state index < -0.39 is 12.2 Å². The second-order valence-corrected chi connectivity index (χ2v) is 7.37. The number of alkyl halides is 3. The monoisotopic (exact) mass is 427 g/mol. The molecule has 1 aromatic carbocycles. The van der Waals surface area contributed by atoms with E-state index >= 15 is 0 Å². The molecule has 3 rings (SSSR count). The second-order valence-electron chi connectivity index (χ2n) is 7.37. The van der Waals surface area contributed by atoms with Gasteiger partial charge in [-0.15, -0.1) is 0 Å². The largest absolute Gasteiger partial charge is 0.482 e. The number of hydrogen-bond acceptors (Lipinski definition) is 4. The van der Waals surface area contributed by atoms with Gasteiger partial charge in [-0.1, -0.05) is 12.1 Å². The summed E-state index contributed by atoms with van der Waals surface area (Å²) < 4.78 is 44.2. The summed E-state index contributed by atoms with van der Waals surface area (Å²) in [5.74, 6) is 1.29. The van der Waals surface area contributed by atoms with E-state index in [-0.39, 0.29) is 12.5 Å². The average Bonchev–Trinajstić information content (AvgIpc) is 2.74. The van der Waals surface area contributed by atoms with Gasteiger partial charge in [0.15, 0.2) is 12.6 Å². The number of amides is 1. The van der Waals surface area contributed by atoms with E-state index in [1.165, 1.54) is 11.8 Å². The Hall–Kier alpha value is -2.49. The highest BCUT2D eigenvalue weighted by molar-refractivity contribution is 5.97. The van der Waals surface area contributed by atoms with Crippen molar-refractivity contribution in [2.24, 2.45) is 4.99 Å². The number of carbonyl (C=O) groups is 1. The van der Waals surface area contributed by atoms with Crippen LogP contribution in [0.15, 0.2) is 29.3 Å². The van der Waals surface area contributed by atoms with Gasteiger partial charge in [-0.2, -0.15) is 13.2 Å². The molecule has 1 saturated heterocycles. The van der Waals surface area contributed by atoms with Crippen molar-refractivity contribution in [1.82, 2.24) is 15.1 Å². The van der Waals surface area contributed by atoms with Gasteiger partial charge < -0.3 is 19.9 Å². The highest BCUT2D eigenvalue weighted by atomic mass is 19.4. The van der Waals surface area contributed by atoms with Crippen LogP contribution in [0.3, 0.4) is 0 Å². The fraction of sp³-hybridized carbons (Fsp3) is 0.600. The lowest BCUT2D eigenvalue weighted by atomic mass is 10.2. The summed E-state index contributed by atoms with van der Waals surface area (Å²) >= 11 is 0. The number of hydrogen-bond donors (Lipinski definition) is 1. The third-order valence-corrected chi connectivity index (χ3v) is 5.50. The molecule has 166 valence electrons. The van der Waals surface area contributed by atoms with Gasteiger partial charge >= 0.3 is 6.18 Å². The zero-order valence-electron chi connectivity index (χ0n) is 17.3. The first kappa shape index (κ1) is 22.2. The van der Waals surface area contributed by atoms with E-state index in [9.17, 15) is 18.0 Å². The van der Waals surface area contributed by atoms with Crippen LogP contribution >= 0.6 is 0 Å². The van der Waals surface area contributed by atoms with Crippen molar-refractivity contribution in [3.8, 4) is 5.75 Å². The molecule has 1 N–H and O–H groups in total. The van der Waals surface area contributed by atoms with Crippen LogP contribution in [0.4, 0.5) is 18.9 Å². The third-order valence-electron chi connectivity index (χ3n) is 5.50. The molecule has 2 aliphatic rings. The number of halogens is 3. The zero-order chi connectivity index (χ0) is 21.7. The van der Waals surface area contributed by atoms with Crippen molar-refractivity contribution < 1.29 is 22.7 Å². The van der Waals surface area contributed by atoms with Crippen molar-refractivity contribution >= 4 is 17.6 Å². The topological polar surface area (TPSA) is 60.4 Å². The highest BCUT2D eigenvalue weighted by Gasteiger charge is 2.41. The molecule has 1 atom stereocenters. The minimum absolute atomic E-state index is 0.0345. The predicted molar refractivity (Wildman–Crippen MR) is 109 cm³/mol. The summed E-state index contributed by atoms with van der Waals surface area (Å²) in [6.45, 7) is 4.00. The van der Waals surface area contributed by atoms with Crippen LogP contribution in [-0.2, 0) is 4.79 Å². The number of nitrogens with zero attached hydrogens (tertiary/aromatic N) is 4. The maximum Gasteiger partial charge on any atom is 0.403 e. The Morgan fingerprint density at radius 1 is 1.23 bits per heavy atom. The average molecular weight is 427 g/mol. The van der Waals surface area contributed by atoms with Crippen molar-refractivity contribution in [1.29, 1.82) is 0 Å². The molecule has 1 aromatic rings. The van der Waals surface area contributed by atoms with Crippen LogP contribution in [0.1, 0.15) is 13.3 Å². The van der Waals surface area contributed by atoms with E-state index in [1.807, 2.05) is 29.2 Å². The molecule has 2 aliphatic heterocycles. The minimum atomic E-state index is -4.21. The number of carbonyl (C=O) groups excluding carboxylic acids is 1. The van der Waals surface area contributed by atoms with Crippen LogP contribution < -0.4 is 15.0 Å². The van der Waals surface area contributed by atoms with Crippen LogP contribution in [0.2, 0.25) is 0 Å².